The minimum absolute atomic E-state index is 0.0145. The summed E-state index contributed by atoms with van der Waals surface area (Å²) in [5.41, 5.74) is 3.26. The van der Waals surface area contributed by atoms with Gasteiger partial charge in [0.05, 0.1) is 25.2 Å². The highest BCUT2D eigenvalue weighted by Crippen LogP contribution is 2.38. The van der Waals surface area contributed by atoms with E-state index >= 15 is 0 Å². The maximum absolute atomic E-state index is 12.0. The summed E-state index contributed by atoms with van der Waals surface area (Å²) in [5, 5.41) is 21.0. The molecule has 0 radical (unpaired) electrons. The van der Waals surface area contributed by atoms with E-state index in [4.69, 9.17) is 14.6 Å². The number of aliphatic hydroxyl groups is 1. The zero-order valence-electron chi connectivity index (χ0n) is 22.8. The van der Waals surface area contributed by atoms with Crippen LogP contribution in [0.3, 0.4) is 0 Å². The van der Waals surface area contributed by atoms with E-state index in [1.807, 2.05) is 42.5 Å². The minimum Gasteiger partial charge on any atom is -0.481 e. The van der Waals surface area contributed by atoms with Crippen LogP contribution >= 0.6 is 0 Å². The number of aliphatic carboxylic acids is 1. The summed E-state index contributed by atoms with van der Waals surface area (Å²) in [7, 11) is 0. The number of carboxylic acid groups (broad SMARTS) is 1. The number of aromatic nitrogens is 2. The lowest BCUT2D eigenvalue weighted by Crippen LogP contribution is -2.50. The van der Waals surface area contributed by atoms with Gasteiger partial charge in [-0.1, -0.05) is 36.4 Å². The highest BCUT2D eigenvalue weighted by atomic mass is 16.7. The quantitative estimate of drug-likeness (QED) is 0.339. The van der Waals surface area contributed by atoms with Gasteiger partial charge in [-0.3, -0.25) is 14.5 Å². The van der Waals surface area contributed by atoms with Gasteiger partial charge in [-0.05, 0) is 29.3 Å². The molecule has 11 heteroatoms. The first-order chi connectivity index (χ1) is 20.0. The average molecular weight is 562 g/mol. The van der Waals surface area contributed by atoms with Gasteiger partial charge < -0.3 is 29.9 Å². The van der Waals surface area contributed by atoms with Crippen LogP contribution in [0.15, 0.2) is 67.0 Å². The molecule has 0 unspecified atom stereocenters. The molecule has 2 aromatic carbocycles. The van der Waals surface area contributed by atoms with Crippen molar-refractivity contribution in [2.45, 2.75) is 44.4 Å². The predicted octanol–water partition coefficient (Wildman–Crippen LogP) is 3.14. The van der Waals surface area contributed by atoms with E-state index in [9.17, 15) is 14.7 Å². The second-order valence-corrected chi connectivity index (χ2v) is 10.3. The van der Waals surface area contributed by atoms with Gasteiger partial charge in [0.1, 0.15) is 0 Å². The number of aliphatic hydroxyl groups excluding tert-OH is 1. The number of benzene rings is 2. The fourth-order valence-electron chi connectivity index (χ4n) is 5.07. The zero-order chi connectivity index (χ0) is 28.6. The number of piperazine rings is 1. The van der Waals surface area contributed by atoms with Crippen molar-refractivity contribution >= 4 is 23.5 Å². The van der Waals surface area contributed by atoms with Crippen molar-refractivity contribution in [1.82, 2.24) is 14.9 Å². The maximum atomic E-state index is 12.0. The number of hydrogen-bond acceptors (Lipinski definition) is 9. The smallest absolute Gasteiger partial charge is 0.303 e. The lowest BCUT2D eigenvalue weighted by molar-refractivity contribution is -0.253. The predicted molar refractivity (Wildman–Crippen MR) is 151 cm³/mol. The first-order valence-electron chi connectivity index (χ1n) is 13.8. The monoisotopic (exact) mass is 561 g/mol. The number of amides is 1. The molecule has 3 atom stereocenters. The average Bonchev–Trinajstić information content (AvgIpc) is 3.01. The molecule has 2 aliphatic rings. The zero-order valence-corrected chi connectivity index (χ0v) is 22.8. The Labute approximate surface area is 238 Å². The van der Waals surface area contributed by atoms with Gasteiger partial charge in [-0.15, -0.1) is 0 Å². The third-order valence-corrected chi connectivity index (χ3v) is 7.32. The highest BCUT2D eigenvalue weighted by molar-refractivity contribution is 5.92. The van der Waals surface area contributed by atoms with Crippen LogP contribution in [0, 0.1) is 0 Å². The fourth-order valence-corrected chi connectivity index (χ4v) is 5.07. The van der Waals surface area contributed by atoms with Gasteiger partial charge in [0, 0.05) is 69.2 Å². The second kappa shape index (κ2) is 13.6. The Balaban J connectivity index is 1.25. The lowest BCUT2D eigenvalue weighted by atomic mass is 9.99. The molecular formula is C30H35N5O6. The van der Waals surface area contributed by atoms with Crippen LogP contribution in [0.2, 0.25) is 0 Å². The summed E-state index contributed by atoms with van der Waals surface area (Å²) in [4.78, 5) is 36.1. The first kappa shape index (κ1) is 28.6. The molecular weight excluding hydrogens is 526 g/mol. The summed E-state index contributed by atoms with van der Waals surface area (Å²) in [5.74, 6) is -0.609. The van der Waals surface area contributed by atoms with Crippen LogP contribution in [0.1, 0.15) is 48.3 Å². The lowest BCUT2D eigenvalue weighted by Gasteiger charge is -2.40. The molecule has 1 amide bonds. The third kappa shape index (κ3) is 7.86. The van der Waals surface area contributed by atoms with Crippen LogP contribution in [-0.4, -0.2) is 75.8 Å². The van der Waals surface area contributed by atoms with Gasteiger partial charge in [0.15, 0.2) is 6.29 Å². The van der Waals surface area contributed by atoms with Crippen molar-refractivity contribution in [3.05, 3.63) is 83.7 Å². The fraction of sp³-hybridized carbons (Fsp3) is 0.400. The van der Waals surface area contributed by atoms with Crippen LogP contribution in [0.4, 0.5) is 11.6 Å². The van der Waals surface area contributed by atoms with Gasteiger partial charge in [0.2, 0.25) is 11.9 Å². The molecule has 3 heterocycles. The topological polar surface area (TPSA) is 137 Å². The van der Waals surface area contributed by atoms with Crippen molar-refractivity contribution in [2.24, 2.45) is 0 Å². The molecule has 216 valence electrons. The second-order valence-electron chi connectivity index (χ2n) is 10.3. The molecule has 2 aliphatic heterocycles. The molecule has 5 rings (SSSR count). The molecule has 3 N–H and O–H groups in total. The molecule has 0 spiro atoms. The maximum Gasteiger partial charge on any atom is 0.303 e. The molecule has 0 bridgehead atoms. The van der Waals surface area contributed by atoms with Crippen molar-refractivity contribution in [3.63, 3.8) is 0 Å². The van der Waals surface area contributed by atoms with E-state index in [2.05, 4.69) is 25.1 Å². The van der Waals surface area contributed by atoms with Gasteiger partial charge in [-0.25, -0.2) is 9.97 Å². The van der Waals surface area contributed by atoms with E-state index < -0.39 is 12.3 Å². The summed E-state index contributed by atoms with van der Waals surface area (Å²) in [6.07, 6.45) is 3.03. The molecule has 2 fully saturated rings. The Kier molecular flexibility index (Phi) is 9.52. The van der Waals surface area contributed by atoms with Crippen molar-refractivity contribution in [1.29, 1.82) is 0 Å². The van der Waals surface area contributed by atoms with Crippen molar-refractivity contribution in [3.8, 4) is 0 Å². The minimum atomic E-state index is -1.01. The van der Waals surface area contributed by atoms with Gasteiger partial charge in [0.25, 0.3) is 0 Å². The highest BCUT2D eigenvalue weighted by Gasteiger charge is 2.34. The Morgan fingerprint density at radius 1 is 0.902 bits per heavy atom. The summed E-state index contributed by atoms with van der Waals surface area (Å²) in [6.45, 7) is 4.15. The largest absolute Gasteiger partial charge is 0.481 e. The molecule has 11 nitrogen and oxygen atoms in total. The standard InChI is InChI=1S/C30H35N5O6/c36-20-21-2-4-22(5-3-21)26-18-25(19-34-14-16-35(17-15-34)30-31-12-1-13-32-30)40-29(41-26)23-6-8-24(9-7-23)33-27(37)10-11-28(38)39/h1-9,12-13,25-26,29,36H,10-11,14-20H2,(H,33,37)(H,38,39)/t25-,26+,29+/m0/s1. The van der Waals surface area contributed by atoms with Crippen molar-refractivity contribution in [2.75, 3.05) is 42.9 Å². The number of ether oxygens (including phenoxy) is 2. The van der Waals surface area contributed by atoms with Gasteiger partial charge in [-0.2, -0.15) is 0 Å². The summed E-state index contributed by atoms with van der Waals surface area (Å²) < 4.78 is 12.9. The number of nitrogens with one attached hydrogen (secondary N) is 1. The molecule has 0 saturated carbocycles. The van der Waals surface area contributed by atoms with E-state index in [0.717, 1.165) is 55.4 Å². The molecule has 41 heavy (non-hydrogen) atoms. The van der Waals surface area contributed by atoms with E-state index in [0.29, 0.717) is 12.1 Å². The van der Waals surface area contributed by atoms with E-state index in [1.165, 1.54) is 0 Å². The van der Waals surface area contributed by atoms with Crippen LogP contribution in [-0.2, 0) is 25.7 Å². The van der Waals surface area contributed by atoms with E-state index in [-0.39, 0.29) is 37.6 Å². The molecule has 0 aliphatic carbocycles. The SMILES string of the molecule is O=C(O)CCC(=O)Nc1ccc([C@@H]2O[C@H](CN3CCN(c4ncccn4)CC3)C[C@H](c3ccc(CO)cc3)O2)cc1. The number of carbonyl (C=O) groups excluding carboxylic acids is 1. The van der Waals surface area contributed by atoms with Gasteiger partial charge >= 0.3 is 5.97 Å². The summed E-state index contributed by atoms with van der Waals surface area (Å²) >= 11 is 0. The molecule has 3 aromatic rings. The normalized spacial score (nSPS) is 21.4. The van der Waals surface area contributed by atoms with Crippen LogP contribution in [0.5, 0.6) is 0 Å². The summed E-state index contributed by atoms with van der Waals surface area (Å²) in [6, 6.07) is 16.8. The number of carbonyl (C=O) groups is 2. The molecule has 2 saturated heterocycles. The van der Waals surface area contributed by atoms with Crippen molar-refractivity contribution < 1.29 is 29.3 Å². The number of anilines is 2. The Hall–Kier alpha value is -3.90. The number of carboxylic acids is 1. The first-order valence-corrected chi connectivity index (χ1v) is 13.8. The Morgan fingerprint density at radius 3 is 2.24 bits per heavy atom. The molecule has 1 aromatic heterocycles. The third-order valence-electron chi connectivity index (χ3n) is 7.32. The van der Waals surface area contributed by atoms with Crippen LogP contribution in [0.25, 0.3) is 0 Å². The number of nitrogens with zero attached hydrogens (tertiary/aromatic N) is 4. The van der Waals surface area contributed by atoms with E-state index in [1.54, 1.807) is 24.5 Å². The number of rotatable bonds is 10. The van der Waals surface area contributed by atoms with Crippen LogP contribution < -0.4 is 10.2 Å². The number of hydrogen-bond donors (Lipinski definition) is 3. The Bertz CT molecular complexity index is 1280. The Morgan fingerprint density at radius 2 is 1.59 bits per heavy atom.